The van der Waals surface area contributed by atoms with Crippen molar-refractivity contribution >= 4 is 17.7 Å². The Labute approximate surface area is 147 Å². The minimum Gasteiger partial charge on any atom is -0.497 e. The lowest BCUT2D eigenvalue weighted by Crippen LogP contribution is -2.50. The molecule has 2 aliphatic rings. The summed E-state index contributed by atoms with van der Waals surface area (Å²) >= 11 is 0. The number of benzene rings is 1. The molecule has 0 aliphatic carbocycles. The Morgan fingerprint density at radius 1 is 1.04 bits per heavy atom. The van der Waals surface area contributed by atoms with Gasteiger partial charge in [0.1, 0.15) is 5.75 Å². The van der Waals surface area contributed by atoms with Gasteiger partial charge in [0, 0.05) is 57.7 Å². The molecule has 1 aromatic carbocycles. The number of likely N-dealkylation sites (tertiary alicyclic amines) is 1. The van der Waals surface area contributed by atoms with E-state index >= 15 is 0 Å². The lowest BCUT2D eigenvalue weighted by molar-refractivity contribution is -0.138. The Hall–Kier alpha value is -2.41. The third-order valence-electron chi connectivity index (χ3n) is 4.77. The third-order valence-corrected chi connectivity index (χ3v) is 4.77. The van der Waals surface area contributed by atoms with Crippen molar-refractivity contribution in [2.75, 3.05) is 46.4 Å². The highest BCUT2D eigenvalue weighted by atomic mass is 16.5. The Balaban J connectivity index is 1.49. The van der Waals surface area contributed by atoms with Crippen LogP contribution in [-0.4, -0.2) is 78.8 Å². The molecule has 2 aliphatic heterocycles. The standard InChI is InChI=1S/C18H23N3O4/c1-25-15-4-2-3-14(13-15)18(24)20-10-7-19(8-11-20)9-12-21-16(22)5-6-17(21)23/h2-4,13H,5-12H2,1H3. The maximum absolute atomic E-state index is 12.6. The molecule has 0 atom stereocenters. The second-order valence-electron chi connectivity index (χ2n) is 6.30. The fraction of sp³-hybridized carbons (Fsp3) is 0.500. The van der Waals surface area contributed by atoms with E-state index in [2.05, 4.69) is 4.90 Å². The van der Waals surface area contributed by atoms with Crippen LogP contribution in [0.2, 0.25) is 0 Å². The van der Waals surface area contributed by atoms with Crippen LogP contribution in [0.3, 0.4) is 0 Å². The molecule has 2 saturated heterocycles. The van der Waals surface area contributed by atoms with Crippen LogP contribution in [0, 0.1) is 0 Å². The number of imide groups is 1. The average Bonchev–Trinajstić information content (AvgIpc) is 2.97. The van der Waals surface area contributed by atoms with Gasteiger partial charge in [-0.05, 0) is 18.2 Å². The smallest absolute Gasteiger partial charge is 0.254 e. The Morgan fingerprint density at radius 2 is 1.72 bits per heavy atom. The predicted octanol–water partition coefficient (Wildman–Crippen LogP) is 0.602. The maximum atomic E-state index is 12.6. The zero-order valence-corrected chi connectivity index (χ0v) is 14.4. The summed E-state index contributed by atoms with van der Waals surface area (Å²) in [4.78, 5) is 41.2. The first kappa shape index (κ1) is 17.4. The summed E-state index contributed by atoms with van der Waals surface area (Å²) in [5.41, 5.74) is 0.626. The Morgan fingerprint density at radius 3 is 2.36 bits per heavy atom. The number of methoxy groups -OCH3 is 1. The van der Waals surface area contributed by atoms with Crippen LogP contribution in [-0.2, 0) is 9.59 Å². The van der Waals surface area contributed by atoms with E-state index in [4.69, 9.17) is 4.74 Å². The molecule has 3 rings (SSSR count). The van der Waals surface area contributed by atoms with Crippen molar-refractivity contribution in [2.45, 2.75) is 12.8 Å². The molecule has 0 bridgehead atoms. The SMILES string of the molecule is COc1cccc(C(=O)N2CCN(CCN3C(=O)CCC3=O)CC2)c1. The number of hydrogen-bond donors (Lipinski definition) is 0. The highest BCUT2D eigenvalue weighted by molar-refractivity contribution is 6.01. The summed E-state index contributed by atoms with van der Waals surface area (Å²) in [6.45, 7) is 3.87. The van der Waals surface area contributed by atoms with Crippen LogP contribution in [0.5, 0.6) is 5.75 Å². The largest absolute Gasteiger partial charge is 0.497 e. The van der Waals surface area contributed by atoms with Crippen LogP contribution < -0.4 is 4.74 Å². The van der Waals surface area contributed by atoms with Gasteiger partial charge in [0.15, 0.2) is 0 Å². The van der Waals surface area contributed by atoms with Gasteiger partial charge in [-0.15, -0.1) is 0 Å². The molecule has 0 spiro atoms. The summed E-state index contributed by atoms with van der Waals surface area (Å²) in [5, 5.41) is 0. The van der Waals surface area contributed by atoms with Crippen molar-refractivity contribution in [2.24, 2.45) is 0 Å². The maximum Gasteiger partial charge on any atom is 0.254 e. The molecule has 2 heterocycles. The molecule has 0 aromatic heterocycles. The first-order chi connectivity index (χ1) is 12.1. The van der Waals surface area contributed by atoms with Gasteiger partial charge in [-0.3, -0.25) is 24.2 Å². The number of rotatable bonds is 5. The molecule has 0 N–H and O–H groups in total. The van der Waals surface area contributed by atoms with E-state index in [1.807, 2.05) is 17.0 Å². The van der Waals surface area contributed by atoms with Crippen molar-refractivity contribution in [1.82, 2.24) is 14.7 Å². The molecule has 134 valence electrons. The number of hydrogen-bond acceptors (Lipinski definition) is 5. The second kappa shape index (κ2) is 7.65. The van der Waals surface area contributed by atoms with Gasteiger partial charge < -0.3 is 9.64 Å². The molecule has 0 unspecified atom stereocenters. The number of carbonyl (C=O) groups is 3. The lowest BCUT2D eigenvalue weighted by Gasteiger charge is -2.35. The molecule has 3 amide bonds. The minimum atomic E-state index is -0.0724. The summed E-state index contributed by atoms with van der Waals surface area (Å²) in [7, 11) is 1.58. The average molecular weight is 345 g/mol. The van der Waals surface area contributed by atoms with Gasteiger partial charge in [-0.1, -0.05) is 6.07 Å². The fourth-order valence-electron chi connectivity index (χ4n) is 3.23. The number of ether oxygens (including phenoxy) is 1. The fourth-order valence-corrected chi connectivity index (χ4v) is 3.23. The van der Waals surface area contributed by atoms with Crippen molar-refractivity contribution in [1.29, 1.82) is 0 Å². The van der Waals surface area contributed by atoms with Crippen LogP contribution in [0.1, 0.15) is 23.2 Å². The topological polar surface area (TPSA) is 70.2 Å². The van der Waals surface area contributed by atoms with Gasteiger partial charge in [0.25, 0.3) is 5.91 Å². The van der Waals surface area contributed by atoms with Gasteiger partial charge >= 0.3 is 0 Å². The van der Waals surface area contributed by atoms with Crippen LogP contribution in [0.4, 0.5) is 0 Å². The summed E-state index contributed by atoms with van der Waals surface area (Å²) in [6.07, 6.45) is 0.670. The van der Waals surface area contributed by atoms with Crippen molar-refractivity contribution in [3.05, 3.63) is 29.8 Å². The van der Waals surface area contributed by atoms with E-state index in [9.17, 15) is 14.4 Å². The first-order valence-corrected chi connectivity index (χ1v) is 8.57. The molecular weight excluding hydrogens is 322 g/mol. The van der Waals surface area contributed by atoms with E-state index in [0.29, 0.717) is 50.3 Å². The van der Waals surface area contributed by atoms with Crippen molar-refractivity contribution < 1.29 is 19.1 Å². The van der Waals surface area contributed by atoms with E-state index in [1.54, 1.807) is 19.2 Å². The van der Waals surface area contributed by atoms with Crippen LogP contribution in [0.15, 0.2) is 24.3 Å². The molecule has 7 heteroatoms. The lowest BCUT2D eigenvalue weighted by atomic mass is 10.1. The molecule has 0 saturated carbocycles. The predicted molar refractivity (Wildman–Crippen MR) is 91.3 cm³/mol. The normalized spacial score (nSPS) is 18.8. The highest BCUT2D eigenvalue weighted by Crippen LogP contribution is 2.16. The van der Waals surface area contributed by atoms with E-state index < -0.39 is 0 Å². The molecule has 2 fully saturated rings. The molecule has 25 heavy (non-hydrogen) atoms. The van der Waals surface area contributed by atoms with Gasteiger partial charge in [-0.25, -0.2) is 0 Å². The molecule has 7 nitrogen and oxygen atoms in total. The number of carbonyl (C=O) groups excluding carboxylic acids is 3. The number of nitrogens with zero attached hydrogens (tertiary/aromatic N) is 3. The van der Waals surface area contributed by atoms with Crippen LogP contribution in [0.25, 0.3) is 0 Å². The summed E-state index contributed by atoms with van der Waals surface area (Å²) < 4.78 is 5.17. The minimum absolute atomic E-state index is 0.00319. The Kier molecular flexibility index (Phi) is 5.33. The second-order valence-corrected chi connectivity index (χ2v) is 6.30. The van der Waals surface area contributed by atoms with Crippen molar-refractivity contribution in [3.63, 3.8) is 0 Å². The van der Waals surface area contributed by atoms with Gasteiger partial charge in [-0.2, -0.15) is 0 Å². The van der Waals surface area contributed by atoms with E-state index in [0.717, 1.165) is 13.1 Å². The zero-order valence-electron chi connectivity index (χ0n) is 14.4. The third kappa shape index (κ3) is 3.99. The molecule has 0 radical (unpaired) electrons. The quantitative estimate of drug-likeness (QED) is 0.731. The van der Waals surface area contributed by atoms with E-state index in [-0.39, 0.29) is 17.7 Å². The zero-order chi connectivity index (χ0) is 17.8. The van der Waals surface area contributed by atoms with Gasteiger partial charge in [0.2, 0.25) is 11.8 Å². The van der Waals surface area contributed by atoms with Crippen LogP contribution >= 0.6 is 0 Å². The van der Waals surface area contributed by atoms with Crippen molar-refractivity contribution in [3.8, 4) is 5.75 Å². The summed E-state index contributed by atoms with van der Waals surface area (Å²) in [5.74, 6) is 0.529. The Bertz CT molecular complexity index is 652. The monoisotopic (exact) mass is 345 g/mol. The molecular formula is C18H23N3O4. The summed E-state index contributed by atoms with van der Waals surface area (Å²) in [6, 6.07) is 7.17. The number of amides is 3. The molecule has 1 aromatic rings. The van der Waals surface area contributed by atoms with Gasteiger partial charge in [0.05, 0.1) is 7.11 Å². The number of piperazine rings is 1. The highest BCUT2D eigenvalue weighted by Gasteiger charge is 2.29. The van der Waals surface area contributed by atoms with E-state index in [1.165, 1.54) is 4.90 Å². The first-order valence-electron chi connectivity index (χ1n) is 8.57.